The second-order valence-electron chi connectivity index (χ2n) is 18.1. The van der Waals surface area contributed by atoms with E-state index in [-0.39, 0.29) is 25.2 Å². The van der Waals surface area contributed by atoms with Crippen LogP contribution in [0, 0.1) is 0 Å². The van der Waals surface area contributed by atoms with Gasteiger partial charge in [-0.15, -0.1) is 0 Å². The van der Waals surface area contributed by atoms with E-state index in [1.54, 1.807) is 0 Å². The highest BCUT2D eigenvalue weighted by atomic mass is 16.6. The first kappa shape index (κ1) is 59.9. The minimum atomic E-state index is -0.549. The zero-order valence-corrected chi connectivity index (χ0v) is 41.6. The Morgan fingerprint density at radius 2 is 0.726 bits per heavy atom. The Kier molecular flexibility index (Phi) is 51.4. The molecular formula is C57H104O5. The first-order valence-corrected chi connectivity index (χ1v) is 27.2. The van der Waals surface area contributed by atoms with Gasteiger partial charge < -0.3 is 14.2 Å². The number of carbonyl (C=O) groups excluding carboxylic acids is 2. The number of carbonyl (C=O) groups is 2. The predicted octanol–water partition coefficient (Wildman–Crippen LogP) is 18.3. The van der Waals surface area contributed by atoms with Crippen molar-refractivity contribution in [3.63, 3.8) is 0 Å². The van der Waals surface area contributed by atoms with Crippen LogP contribution in [0.25, 0.3) is 0 Å². The molecule has 0 radical (unpaired) electrons. The van der Waals surface area contributed by atoms with Crippen LogP contribution in [0.2, 0.25) is 0 Å². The number of hydrogen-bond donors (Lipinski definition) is 0. The molecule has 0 aromatic carbocycles. The van der Waals surface area contributed by atoms with Gasteiger partial charge in [-0.1, -0.05) is 236 Å². The van der Waals surface area contributed by atoms with Gasteiger partial charge in [0, 0.05) is 19.4 Å². The third-order valence-corrected chi connectivity index (χ3v) is 11.8. The molecule has 0 aliphatic rings. The number of esters is 2. The number of unbranched alkanes of at least 4 members (excludes halogenated alkanes) is 31. The Hall–Kier alpha value is -2.14. The summed E-state index contributed by atoms with van der Waals surface area (Å²) in [5, 5.41) is 0. The van der Waals surface area contributed by atoms with Crippen LogP contribution < -0.4 is 0 Å². The van der Waals surface area contributed by atoms with Crippen LogP contribution in [0.15, 0.2) is 48.6 Å². The van der Waals surface area contributed by atoms with Gasteiger partial charge in [0.2, 0.25) is 0 Å². The van der Waals surface area contributed by atoms with Crippen molar-refractivity contribution < 1.29 is 23.8 Å². The van der Waals surface area contributed by atoms with Crippen molar-refractivity contribution in [3.8, 4) is 0 Å². The van der Waals surface area contributed by atoms with Crippen molar-refractivity contribution in [1.29, 1.82) is 0 Å². The molecule has 5 nitrogen and oxygen atoms in total. The van der Waals surface area contributed by atoms with Gasteiger partial charge in [0.25, 0.3) is 0 Å². The van der Waals surface area contributed by atoms with Gasteiger partial charge in [-0.3, -0.25) is 9.59 Å². The summed E-state index contributed by atoms with van der Waals surface area (Å²) in [6, 6.07) is 0. The van der Waals surface area contributed by atoms with Gasteiger partial charge in [-0.25, -0.2) is 0 Å². The van der Waals surface area contributed by atoms with Crippen molar-refractivity contribution in [2.75, 3.05) is 19.8 Å². The highest BCUT2D eigenvalue weighted by Crippen LogP contribution is 2.16. The zero-order chi connectivity index (χ0) is 44.9. The van der Waals surface area contributed by atoms with E-state index < -0.39 is 6.10 Å². The Labute approximate surface area is 386 Å². The van der Waals surface area contributed by atoms with E-state index in [1.165, 1.54) is 167 Å². The lowest BCUT2D eigenvalue weighted by Crippen LogP contribution is -2.30. The SMILES string of the molecule is CC/C=C\C/C=C\C/C=C\CCCCCCOCC(COC(=O)CCCCCCCCCCCCCCCCCCC)OC(=O)CCCCCCC/C=C\CCCCCCCC. The van der Waals surface area contributed by atoms with E-state index in [2.05, 4.69) is 69.4 Å². The number of rotatable bonds is 50. The summed E-state index contributed by atoms with van der Waals surface area (Å²) < 4.78 is 17.4. The summed E-state index contributed by atoms with van der Waals surface area (Å²) in [6.45, 7) is 7.70. The van der Waals surface area contributed by atoms with Crippen LogP contribution >= 0.6 is 0 Å². The lowest BCUT2D eigenvalue weighted by Gasteiger charge is -2.18. The Morgan fingerprint density at radius 3 is 1.18 bits per heavy atom. The smallest absolute Gasteiger partial charge is 0.306 e. The highest BCUT2D eigenvalue weighted by Gasteiger charge is 2.17. The molecular weight excluding hydrogens is 765 g/mol. The van der Waals surface area contributed by atoms with E-state index in [9.17, 15) is 9.59 Å². The average molecular weight is 869 g/mol. The molecule has 0 saturated carbocycles. The lowest BCUT2D eigenvalue weighted by molar-refractivity contribution is -0.163. The Balaban J connectivity index is 4.27. The monoisotopic (exact) mass is 869 g/mol. The van der Waals surface area contributed by atoms with Gasteiger partial charge in [-0.05, 0) is 77.0 Å². The van der Waals surface area contributed by atoms with Crippen molar-refractivity contribution in [3.05, 3.63) is 48.6 Å². The fourth-order valence-corrected chi connectivity index (χ4v) is 7.81. The fourth-order valence-electron chi connectivity index (χ4n) is 7.81. The fraction of sp³-hybridized carbons (Fsp3) is 0.825. The summed E-state index contributed by atoms with van der Waals surface area (Å²) in [4.78, 5) is 25.4. The van der Waals surface area contributed by atoms with E-state index in [0.29, 0.717) is 19.4 Å². The van der Waals surface area contributed by atoms with Crippen molar-refractivity contribution >= 4 is 11.9 Å². The van der Waals surface area contributed by atoms with Gasteiger partial charge >= 0.3 is 11.9 Å². The van der Waals surface area contributed by atoms with Crippen LogP contribution in [-0.4, -0.2) is 37.9 Å². The third-order valence-electron chi connectivity index (χ3n) is 11.8. The molecule has 362 valence electrons. The molecule has 5 heteroatoms. The summed E-state index contributed by atoms with van der Waals surface area (Å²) in [7, 11) is 0. The molecule has 0 aliphatic heterocycles. The molecule has 0 N–H and O–H groups in total. The van der Waals surface area contributed by atoms with Crippen LogP contribution in [0.3, 0.4) is 0 Å². The van der Waals surface area contributed by atoms with Gasteiger partial charge in [0.05, 0.1) is 6.61 Å². The summed E-state index contributed by atoms with van der Waals surface area (Å²) in [6.07, 6.45) is 65.5. The van der Waals surface area contributed by atoms with Crippen LogP contribution in [0.5, 0.6) is 0 Å². The standard InChI is InChI=1S/C57H104O5/c1-4-7-10-13-16-19-22-25-28-29-31-32-35-38-41-44-47-50-56(58)61-54-55(53-60-52-49-46-43-40-37-34-27-24-21-18-15-12-9-6-3)62-57(59)51-48-45-42-39-36-33-30-26-23-20-17-14-11-8-5-2/h9,12,18,21,26-27,30,34,55H,4-8,10-11,13-17,19-20,22-25,28-29,31-33,35-54H2,1-3H3/b12-9-,21-18-,30-26-,34-27-. The van der Waals surface area contributed by atoms with Crippen molar-refractivity contribution in [2.45, 2.75) is 284 Å². The van der Waals surface area contributed by atoms with E-state index in [4.69, 9.17) is 14.2 Å². The normalized spacial score (nSPS) is 12.5. The predicted molar refractivity (Wildman–Crippen MR) is 270 cm³/mol. The van der Waals surface area contributed by atoms with Crippen LogP contribution in [0.4, 0.5) is 0 Å². The maximum Gasteiger partial charge on any atom is 0.306 e. The minimum absolute atomic E-state index is 0.0763. The Morgan fingerprint density at radius 1 is 0.371 bits per heavy atom. The maximum absolute atomic E-state index is 12.8. The zero-order valence-electron chi connectivity index (χ0n) is 41.6. The molecule has 0 amide bonds. The molecule has 0 heterocycles. The second kappa shape index (κ2) is 53.2. The topological polar surface area (TPSA) is 61.8 Å². The molecule has 0 aromatic heterocycles. The molecule has 0 bridgehead atoms. The molecule has 0 saturated heterocycles. The molecule has 0 rings (SSSR count). The quantitative estimate of drug-likeness (QED) is 0.0346. The molecule has 0 spiro atoms. The number of allylic oxidation sites excluding steroid dienone is 8. The van der Waals surface area contributed by atoms with E-state index >= 15 is 0 Å². The number of ether oxygens (including phenoxy) is 3. The van der Waals surface area contributed by atoms with Crippen LogP contribution in [-0.2, 0) is 23.8 Å². The highest BCUT2D eigenvalue weighted by molar-refractivity contribution is 5.70. The first-order chi connectivity index (χ1) is 30.6. The molecule has 0 aliphatic carbocycles. The third kappa shape index (κ3) is 50.5. The summed E-state index contributed by atoms with van der Waals surface area (Å²) >= 11 is 0. The lowest BCUT2D eigenvalue weighted by atomic mass is 10.0. The second-order valence-corrected chi connectivity index (χ2v) is 18.1. The molecule has 0 aromatic rings. The maximum atomic E-state index is 12.8. The molecule has 1 unspecified atom stereocenters. The van der Waals surface area contributed by atoms with E-state index in [1.807, 2.05) is 0 Å². The van der Waals surface area contributed by atoms with E-state index in [0.717, 1.165) is 77.0 Å². The van der Waals surface area contributed by atoms with Crippen molar-refractivity contribution in [2.24, 2.45) is 0 Å². The molecule has 0 fully saturated rings. The molecule has 1 atom stereocenters. The number of hydrogen-bond acceptors (Lipinski definition) is 5. The van der Waals surface area contributed by atoms with Crippen LogP contribution in [0.1, 0.15) is 278 Å². The first-order valence-electron chi connectivity index (χ1n) is 27.2. The van der Waals surface area contributed by atoms with Gasteiger partial charge in [0.1, 0.15) is 6.61 Å². The molecule has 62 heavy (non-hydrogen) atoms. The van der Waals surface area contributed by atoms with Crippen molar-refractivity contribution in [1.82, 2.24) is 0 Å². The minimum Gasteiger partial charge on any atom is -0.462 e. The van der Waals surface area contributed by atoms with Gasteiger partial charge in [-0.2, -0.15) is 0 Å². The van der Waals surface area contributed by atoms with Gasteiger partial charge in [0.15, 0.2) is 6.10 Å². The Bertz CT molecular complexity index is 1030. The summed E-state index contributed by atoms with van der Waals surface area (Å²) in [5.41, 5.74) is 0. The summed E-state index contributed by atoms with van der Waals surface area (Å²) in [5.74, 6) is -0.407. The average Bonchev–Trinajstić information content (AvgIpc) is 3.27. The largest absolute Gasteiger partial charge is 0.462 e.